The van der Waals surface area contributed by atoms with Crippen LogP contribution in [0.5, 0.6) is 0 Å². The number of pyridine rings is 1. The zero-order chi connectivity index (χ0) is 16.5. The van der Waals surface area contributed by atoms with Crippen LogP contribution in [0.3, 0.4) is 0 Å². The standard InChI is InChI=1S/C16H13N5O3/c22-9-11-8-18-21-14(20-16(23)24-12-3-4-12)6-13(19-15(11)21)10-2-1-5-17-7-10/h1-2,5-9,12H,3-4H2,(H,20,23). The molecule has 3 aromatic rings. The molecule has 0 atom stereocenters. The van der Waals surface area contributed by atoms with Crippen LogP contribution in [-0.2, 0) is 4.74 Å². The molecule has 3 aromatic heterocycles. The van der Waals surface area contributed by atoms with E-state index in [1.165, 1.54) is 10.7 Å². The monoisotopic (exact) mass is 323 g/mol. The second-order valence-corrected chi connectivity index (χ2v) is 5.45. The number of carbonyl (C=O) groups excluding carboxylic acids is 2. The molecule has 1 aliphatic rings. The number of nitrogens with zero attached hydrogens (tertiary/aromatic N) is 4. The minimum atomic E-state index is -0.551. The maximum absolute atomic E-state index is 12.0. The lowest BCUT2D eigenvalue weighted by Crippen LogP contribution is -2.17. The molecule has 1 saturated carbocycles. The lowest BCUT2D eigenvalue weighted by atomic mass is 10.2. The Bertz CT molecular complexity index is 918. The molecule has 0 aromatic carbocycles. The average molecular weight is 323 g/mol. The fraction of sp³-hybridized carbons (Fsp3) is 0.188. The van der Waals surface area contributed by atoms with E-state index in [1.807, 2.05) is 6.07 Å². The van der Waals surface area contributed by atoms with Gasteiger partial charge in [-0.3, -0.25) is 15.1 Å². The highest BCUT2D eigenvalue weighted by Gasteiger charge is 2.26. The number of carbonyl (C=O) groups is 2. The van der Waals surface area contributed by atoms with E-state index in [1.54, 1.807) is 24.5 Å². The predicted octanol–water partition coefficient (Wildman–Crippen LogP) is 2.31. The minimum absolute atomic E-state index is 0.0109. The number of fused-ring (bicyclic) bond motifs is 1. The molecule has 3 heterocycles. The van der Waals surface area contributed by atoms with E-state index in [9.17, 15) is 9.59 Å². The highest BCUT2D eigenvalue weighted by molar-refractivity contribution is 5.88. The molecule has 1 N–H and O–H groups in total. The van der Waals surface area contributed by atoms with Crippen LogP contribution < -0.4 is 5.32 Å². The van der Waals surface area contributed by atoms with E-state index in [2.05, 4.69) is 20.4 Å². The van der Waals surface area contributed by atoms with Crippen molar-refractivity contribution in [1.29, 1.82) is 0 Å². The second-order valence-electron chi connectivity index (χ2n) is 5.45. The number of ether oxygens (including phenoxy) is 1. The van der Waals surface area contributed by atoms with Crippen molar-refractivity contribution in [1.82, 2.24) is 19.6 Å². The minimum Gasteiger partial charge on any atom is -0.446 e. The number of rotatable bonds is 4. The normalized spacial score (nSPS) is 13.7. The fourth-order valence-corrected chi connectivity index (χ4v) is 2.29. The average Bonchev–Trinajstić information content (AvgIpc) is 3.31. The summed E-state index contributed by atoms with van der Waals surface area (Å²) < 4.78 is 6.60. The van der Waals surface area contributed by atoms with Crippen molar-refractivity contribution in [3.63, 3.8) is 0 Å². The lowest BCUT2D eigenvalue weighted by Gasteiger charge is -2.10. The van der Waals surface area contributed by atoms with Crippen LogP contribution in [0.25, 0.3) is 16.9 Å². The summed E-state index contributed by atoms with van der Waals surface area (Å²) in [5, 5.41) is 6.78. The Morgan fingerprint density at radius 1 is 1.38 bits per heavy atom. The second kappa shape index (κ2) is 5.73. The lowest BCUT2D eigenvalue weighted by molar-refractivity contribution is 0.112. The van der Waals surface area contributed by atoms with Crippen molar-refractivity contribution in [3.8, 4) is 11.3 Å². The maximum Gasteiger partial charge on any atom is 0.413 e. The number of hydrogen-bond acceptors (Lipinski definition) is 6. The topological polar surface area (TPSA) is 98.5 Å². The molecule has 0 bridgehead atoms. The van der Waals surface area contributed by atoms with Gasteiger partial charge in [0.2, 0.25) is 0 Å². The highest BCUT2D eigenvalue weighted by Crippen LogP contribution is 2.25. The molecule has 8 nitrogen and oxygen atoms in total. The van der Waals surface area contributed by atoms with Gasteiger partial charge in [-0.15, -0.1) is 0 Å². The van der Waals surface area contributed by atoms with Gasteiger partial charge >= 0.3 is 6.09 Å². The fourth-order valence-electron chi connectivity index (χ4n) is 2.29. The summed E-state index contributed by atoms with van der Waals surface area (Å²) in [6, 6.07) is 5.29. The Morgan fingerprint density at radius 2 is 2.25 bits per heavy atom. The van der Waals surface area contributed by atoms with Crippen molar-refractivity contribution in [2.75, 3.05) is 5.32 Å². The van der Waals surface area contributed by atoms with Gasteiger partial charge in [0.1, 0.15) is 11.9 Å². The Morgan fingerprint density at radius 3 is 2.96 bits per heavy atom. The van der Waals surface area contributed by atoms with Gasteiger partial charge in [-0.2, -0.15) is 9.61 Å². The molecule has 1 aliphatic carbocycles. The Hall–Kier alpha value is -3.29. The molecule has 1 fully saturated rings. The SMILES string of the molecule is O=Cc1cnn2c(NC(=O)OC3CC3)cc(-c3cccnc3)nc12. The largest absolute Gasteiger partial charge is 0.446 e. The van der Waals surface area contributed by atoms with Gasteiger partial charge < -0.3 is 4.74 Å². The zero-order valence-corrected chi connectivity index (χ0v) is 12.5. The predicted molar refractivity (Wildman–Crippen MR) is 84.7 cm³/mol. The molecule has 0 spiro atoms. The number of aldehydes is 1. The number of nitrogens with one attached hydrogen (secondary N) is 1. The molecule has 8 heteroatoms. The Kier molecular flexibility index (Phi) is 3.42. The quantitative estimate of drug-likeness (QED) is 0.740. The summed E-state index contributed by atoms with van der Waals surface area (Å²) in [5.41, 5.74) is 2.02. The molecule has 0 saturated heterocycles. The Balaban J connectivity index is 1.79. The van der Waals surface area contributed by atoms with Gasteiger partial charge in [-0.05, 0) is 25.0 Å². The third-order valence-corrected chi connectivity index (χ3v) is 3.61. The van der Waals surface area contributed by atoms with E-state index in [4.69, 9.17) is 4.74 Å². The van der Waals surface area contributed by atoms with Crippen molar-refractivity contribution in [2.24, 2.45) is 0 Å². The van der Waals surface area contributed by atoms with E-state index < -0.39 is 6.09 Å². The van der Waals surface area contributed by atoms with E-state index in [-0.39, 0.29) is 6.10 Å². The van der Waals surface area contributed by atoms with Crippen molar-refractivity contribution < 1.29 is 14.3 Å². The number of aromatic nitrogens is 4. The third-order valence-electron chi connectivity index (χ3n) is 3.61. The molecule has 0 aliphatic heterocycles. The zero-order valence-electron chi connectivity index (χ0n) is 12.5. The first kappa shape index (κ1) is 14.3. The highest BCUT2D eigenvalue weighted by atomic mass is 16.6. The molecule has 120 valence electrons. The summed E-state index contributed by atoms with van der Waals surface area (Å²) in [6.45, 7) is 0. The molecule has 4 rings (SSSR count). The first-order valence-corrected chi connectivity index (χ1v) is 7.46. The van der Waals surface area contributed by atoms with Crippen LogP contribution in [-0.4, -0.2) is 38.1 Å². The smallest absolute Gasteiger partial charge is 0.413 e. The summed E-state index contributed by atoms with van der Waals surface area (Å²) in [7, 11) is 0. The third kappa shape index (κ3) is 2.69. The van der Waals surface area contributed by atoms with Crippen LogP contribution in [0.15, 0.2) is 36.8 Å². The Labute approximate surface area is 136 Å². The molecule has 24 heavy (non-hydrogen) atoms. The summed E-state index contributed by atoms with van der Waals surface area (Å²) in [4.78, 5) is 31.7. The van der Waals surface area contributed by atoms with Gasteiger partial charge in [-0.1, -0.05) is 0 Å². The van der Waals surface area contributed by atoms with Gasteiger partial charge in [0.25, 0.3) is 0 Å². The van der Waals surface area contributed by atoms with E-state index in [0.717, 1.165) is 18.4 Å². The molecule has 0 unspecified atom stereocenters. The van der Waals surface area contributed by atoms with Crippen LogP contribution in [0.4, 0.5) is 10.6 Å². The van der Waals surface area contributed by atoms with Crippen molar-refractivity contribution in [3.05, 3.63) is 42.4 Å². The molecular formula is C16H13N5O3. The maximum atomic E-state index is 12.0. The first-order valence-electron chi connectivity index (χ1n) is 7.46. The summed E-state index contributed by atoms with van der Waals surface area (Å²) in [5.74, 6) is 0.373. The summed E-state index contributed by atoms with van der Waals surface area (Å²) in [6.07, 6.45) is 6.60. The summed E-state index contributed by atoms with van der Waals surface area (Å²) >= 11 is 0. The van der Waals surface area contributed by atoms with Crippen molar-refractivity contribution >= 4 is 23.8 Å². The number of anilines is 1. The van der Waals surface area contributed by atoms with Crippen LogP contribution in [0.1, 0.15) is 23.2 Å². The van der Waals surface area contributed by atoms with Gasteiger partial charge in [0, 0.05) is 24.0 Å². The van der Waals surface area contributed by atoms with Gasteiger partial charge in [0.15, 0.2) is 11.9 Å². The molecule has 0 radical (unpaired) electrons. The number of amides is 1. The van der Waals surface area contributed by atoms with Crippen molar-refractivity contribution in [2.45, 2.75) is 18.9 Å². The first-order chi connectivity index (χ1) is 11.7. The molecular weight excluding hydrogens is 310 g/mol. The van der Waals surface area contributed by atoms with Gasteiger partial charge in [-0.25, -0.2) is 9.78 Å². The van der Waals surface area contributed by atoms with Crippen LogP contribution >= 0.6 is 0 Å². The van der Waals surface area contributed by atoms with E-state index in [0.29, 0.717) is 29.0 Å². The van der Waals surface area contributed by atoms with Gasteiger partial charge in [0.05, 0.1) is 17.5 Å². The molecule has 1 amide bonds. The van der Waals surface area contributed by atoms with Crippen LogP contribution in [0, 0.1) is 0 Å². The van der Waals surface area contributed by atoms with E-state index >= 15 is 0 Å². The van der Waals surface area contributed by atoms with Crippen LogP contribution in [0.2, 0.25) is 0 Å². The number of hydrogen-bond donors (Lipinski definition) is 1.